The second-order valence-corrected chi connectivity index (χ2v) is 6.54. The van der Waals surface area contributed by atoms with E-state index >= 15 is 0 Å². The van der Waals surface area contributed by atoms with Gasteiger partial charge in [0, 0.05) is 17.1 Å². The molecular weight excluding hydrogens is 242 g/mol. The summed E-state index contributed by atoms with van der Waals surface area (Å²) >= 11 is 0. The molecule has 2 aromatic carbocycles. The molecule has 0 saturated heterocycles. The van der Waals surface area contributed by atoms with Gasteiger partial charge in [-0.05, 0) is 36.1 Å². The molecule has 1 aliphatic carbocycles. The van der Waals surface area contributed by atoms with Crippen molar-refractivity contribution in [3.05, 3.63) is 42.5 Å². The van der Waals surface area contributed by atoms with E-state index in [4.69, 9.17) is 0 Å². The largest absolute Gasteiger partial charge is 0.382 e. The van der Waals surface area contributed by atoms with Crippen LogP contribution in [-0.4, -0.2) is 6.04 Å². The Hall–Kier alpha value is -1.50. The molecule has 2 aromatic rings. The van der Waals surface area contributed by atoms with Crippen LogP contribution in [-0.2, 0) is 0 Å². The lowest BCUT2D eigenvalue weighted by molar-refractivity contribution is 0.264. The maximum absolute atomic E-state index is 3.81. The molecule has 20 heavy (non-hydrogen) atoms. The number of nitrogens with one attached hydrogen (secondary N) is 1. The lowest BCUT2D eigenvalue weighted by Crippen LogP contribution is -2.29. The molecule has 1 fully saturated rings. The van der Waals surface area contributed by atoms with Gasteiger partial charge in [-0.15, -0.1) is 0 Å². The highest BCUT2D eigenvalue weighted by atomic mass is 14.9. The van der Waals surface area contributed by atoms with Crippen LogP contribution in [0.15, 0.2) is 42.5 Å². The molecule has 0 aromatic heterocycles. The van der Waals surface area contributed by atoms with E-state index in [2.05, 4.69) is 61.6 Å². The number of rotatable bonds is 3. The minimum absolute atomic E-state index is 0.641. The Morgan fingerprint density at radius 2 is 1.80 bits per heavy atom. The topological polar surface area (TPSA) is 12.0 Å². The zero-order chi connectivity index (χ0) is 13.9. The molecule has 0 heterocycles. The molecule has 1 heteroatoms. The Labute approximate surface area is 122 Å². The van der Waals surface area contributed by atoms with Gasteiger partial charge in [0.15, 0.2) is 0 Å². The predicted octanol–water partition coefficient (Wildman–Crippen LogP) is 5.47. The van der Waals surface area contributed by atoms with Crippen molar-refractivity contribution in [3.8, 4) is 0 Å². The van der Waals surface area contributed by atoms with Gasteiger partial charge in [0.05, 0.1) is 0 Å². The summed E-state index contributed by atoms with van der Waals surface area (Å²) in [6, 6.07) is 15.9. The fourth-order valence-corrected chi connectivity index (χ4v) is 3.54. The van der Waals surface area contributed by atoms with Crippen molar-refractivity contribution in [2.75, 3.05) is 5.32 Å². The molecule has 0 spiro atoms. The summed E-state index contributed by atoms with van der Waals surface area (Å²) in [5.74, 6) is 1.70. The van der Waals surface area contributed by atoms with E-state index in [-0.39, 0.29) is 0 Å². The molecule has 1 aliphatic rings. The van der Waals surface area contributed by atoms with E-state index < -0.39 is 0 Å². The molecule has 0 bridgehead atoms. The third-order valence-corrected chi connectivity index (χ3v) is 4.81. The molecule has 0 aliphatic heterocycles. The average Bonchev–Trinajstić information content (AvgIpc) is 2.48. The smallest absolute Gasteiger partial charge is 0.0422 e. The third kappa shape index (κ3) is 2.82. The van der Waals surface area contributed by atoms with Gasteiger partial charge in [0.1, 0.15) is 0 Å². The van der Waals surface area contributed by atoms with Gasteiger partial charge in [-0.2, -0.15) is 0 Å². The quantitative estimate of drug-likeness (QED) is 0.778. The summed E-state index contributed by atoms with van der Waals surface area (Å²) in [6.07, 6.45) is 5.41. The van der Waals surface area contributed by atoms with Crippen molar-refractivity contribution in [2.45, 2.75) is 45.6 Å². The molecule has 1 N–H and O–H groups in total. The van der Waals surface area contributed by atoms with E-state index in [9.17, 15) is 0 Å². The van der Waals surface area contributed by atoms with Gasteiger partial charge < -0.3 is 5.32 Å². The molecule has 1 nitrogen and oxygen atoms in total. The van der Waals surface area contributed by atoms with Gasteiger partial charge in [-0.3, -0.25) is 0 Å². The minimum atomic E-state index is 0.641. The normalized spacial score (nSPS) is 23.1. The van der Waals surface area contributed by atoms with Gasteiger partial charge in [0.25, 0.3) is 0 Å². The Morgan fingerprint density at radius 3 is 2.65 bits per heavy atom. The zero-order valence-electron chi connectivity index (χ0n) is 12.6. The second-order valence-electron chi connectivity index (χ2n) is 6.54. The van der Waals surface area contributed by atoms with Crippen LogP contribution in [0.2, 0.25) is 0 Å². The first-order valence-corrected chi connectivity index (χ1v) is 7.98. The highest BCUT2D eigenvalue weighted by Crippen LogP contribution is 2.33. The zero-order valence-corrected chi connectivity index (χ0v) is 12.6. The first-order valence-electron chi connectivity index (χ1n) is 7.98. The van der Waals surface area contributed by atoms with Gasteiger partial charge >= 0.3 is 0 Å². The van der Waals surface area contributed by atoms with E-state index in [0.29, 0.717) is 6.04 Å². The Bertz CT molecular complexity index is 567. The van der Waals surface area contributed by atoms with E-state index in [0.717, 1.165) is 11.8 Å². The van der Waals surface area contributed by atoms with Crippen LogP contribution in [0, 0.1) is 11.8 Å². The van der Waals surface area contributed by atoms with Crippen molar-refractivity contribution < 1.29 is 0 Å². The van der Waals surface area contributed by atoms with E-state index in [1.165, 1.54) is 42.1 Å². The van der Waals surface area contributed by atoms with Crippen molar-refractivity contribution in [1.82, 2.24) is 0 Å². The molecule has 1 saturated carbocycles. The van der Waals surface area contributed by atoms with Gasteiger partial charge in [-0.1, -0.05) is 63.1 Å². The maximum atomic E-state index is 3.81. The number of anilines is 1. The number of fused-ring (bicyclic) bond motifs is 1. The fraction of sp³-hybridized carbons (Fsp3) is 0.474. The summed E-state index contributed by atoms with van der Waals surface area (Å²) < 4.78 is 0. The van der Waals surface area contributed by atoms with Gasteiger partial charge in [0.2, 0.25) is 0 Å². The van der Waals surface area contributed by atoms with Crippen LogP contribution in [0.4, 0.5) is 5.69 Å². The Morgan fingerprint density at radius 1 is 1.00 bits per heavy atom. The molecule has 0 radical (unpaired) electrons. The highest BCUT2D eigenvalue weighted by molar-refractivity contribution is 5.93. The monoisotopic (exact) mass is 267 g/mol. The summed E-state index contributed by atoms with van der Waals surface area (Å²) in [4.78, 5) is 0. The van der Waals surface area contributed by atoms with Crippen molar-refractivity contribution in [1.29, 1.82) is 0 Å². The number of benzene rings is 2. The third-order valence-electron chi connectivity index (χ3n) is 4.81. The van der Waals surface area contributed by atoms with E-state index in [1.54, 1.807) is 0 Å². The summed E-state index contributed by atoms with van der Waals surface area (Å²) in [5.41, 5.74) is 1.30. The summed E-state index contributed by atoms with van der Waals surface area (Å²) in [5, 5.41) is 6.48. The summed E-state index contributed by atoms with van der Waals surface area (Å²) in [7, 11) is 0. The molecule has 0 amide bonds. The van der Waals surface area contributed by atoms with Crippen LogP contribution < -0.4 is 5.32 Å². The standard InChI is InChI=1S/C19H25N/c1-14(2)16-9-5-10-17(13-16)20-19-12-6-8-15-7-3-4-11-18(15)19/h3-4,6-8,11-12,14,16-17,20H,5,9-10,13H2,1-2H3. The fourth-order valence-electron chi connectivity index (χ4n) is 3.54. The van der Waals surface area contributed by atoms with Crippen molar-refractivity contribution >= 4 is 16.5 Å². The van der Waals surface area contributed by atoms with Crippen LogP contribution in [0.3, 0.4) is 0 Å². The molecule has 2 atom stereocenters. The Kier molecular flexibility index (Phi) is 3.95. The molecule has 2 unspecified atom stereocenters. The lowest BCUT2D eigenvalue weighted by Gasteiger charge is -2.33. The lowest BCUT2D eigenvalue weighted by atomic mass is 9.79. The predicted molar refractivity (Wildman–Crippen MR) is 88.2 cm³/mol. The van der Waals surface area contributed by atoms with Crippen LogP contribution >= 0.6 is 0 Å². The second kappa shape index (κ2) is 5.87. The van der Waals surface area contributed by atoms with Crippen LogP contribution in [0.1, 0.15) is 39.5 Å². The van der Waals surface area contributed by atoms with Crippen molar-refractivity contribution in [2.24, 2.45) is 11.8 Å². The first kappa shape index (κ1) is 13.5. The number of hydrogen-bond donors (Lipinski definition) is 1. The van der Waals surface area contributed by atoms with E-state index in [1.807, 2.05) is 0 Å². The van der Waals surface area contributed by atoms with Crippen LogP contribution in [0.25, 0.3) is 10.8 Å². The molecule has 106 valence electrons. The van der Waals surface area contributed by atoms with Gasteiger partial charge in [-0.25, -0.2) is 0 Å². The summed E-state index contributed by atoms with van der Waals surface area (Å²) in [6.45, 7) is 4.73. The average molecular weight is 267 g/mol. The molecular formula is C19H25N. The highest BCUT2D eigenvalue weighted by Gasteiger charge is 2.24. The Balaban J connectivity index is 1.79. The number of hydrogen-bond acceptors (Lipinski definition) is 1. The molecule has 3 rings (SSSR count). The minimum Gasteiger partial charge on any atom is -0.382 e. The van der Waals surface area contributed by atoms with Crippen LogP contribution in [0.5, 0.6) is 0 Å². The van der Waals surface area contributed by atoms with Crippen molar-refractivity contribution in [3.63, 3.8) is 0 Å². The SMILES string of the molecule is CC(C)C1CCCC(Nc2cccc3ccccc23)C1. The first-order chi connectivity index (χ1) is 9.74. The maximum Gasteiger partial charge on any atom is 0.0422 e.